The molecule has 0 aliphatic heterocycles. The van der Waals surface area contributed by atoms with Crippen LogP contribution < -0.4 is 0 Å². The second kappa shape index (κ2) is 6.89. The highest BCUT2D eigenvalue weighted by Gasteiger charge is 2.01. The molecule has 0 bridgehead atoms. The van der Waals surface area contributed by atoms with Crippen LogP contribution >= 0.6 is 0 Å². The summed E-state index contributed by atoms with van der Waals surface area (Å²) < 4.78 is 16.9. The minimum Gasteiger partial charge on any atom is -0.283 e. The lowest BCUT2D eigenvalue weighted by Gasteiger charge is -2.00. The van der Waals surface area contributed by atoms with Crippen molar-refractivity contribution in [3.05, 3.63) is 72.3 Å². The van der Waals surface area contributed by atoms with Gasteiger partial charge in [0.25, 0.3) is 0 Å². The van der Waals surface area contributed by atoms with E-state index in [2.05, 4.69) is 0 Å². The Hall–Kier alpha value is -1.71. The molecule has 2 aromatic carbocycles. The van der Waals surface area contributed by atoms with Crippen LogP contribution in [0.3, 0.4) is 0 Å². The molecule has 0 heterocycles. The molecule has 0 aromatic heterocycles. The Labute approximate surface area is 110 Å². The van der Waals surface area contributed by atoms with Crippen LogP contribution in [0, 0.1) is 0 Å². The van der Waals surface area contributed by atoms with Crippen LogP contribution in [0.15, 0.2) is 71.6 Å². The summed E-state index contributed by atoms with van der Waals surface area (Å²) >= 11 is -1.39. The molecular formula is C15H14O2S. The van der Waals surface area contributed by atoms with Crippen molar-refractivity contribution in [3.63, 3.8) is 0 Å². The zero-order valence-electron chi connectivity index (χ0n) is 9.86. The second-order valence-electron chi connectivity index (χ2n) is 3.65. The molecular weight excluding hydrogens is 244 g/mol. The molecule has 0 saturated heterocycles. The molecule has 92 valence electrons. The number of hydrogen-bond acceptors (Lipinski definition) is 2. The normalized spacial score (nSPS) is 12.7. The molecule has 0 saturated carbocycles. The van der Waals surface area contributed by atoms with Gasteiger partial charge in [0.05, 0.1) is 11.5 Å². The first-order chi connectivity index (χ1) is 8.86. The van der Waals surface area contributed by atoms with Gasteiger partial charge >= 0.3 is 0 Å². The van der Waals surface area contributed by atoms with Crippen molar-refractivity contribution in [3.8, 4) is 0 Å². The Bertz CT molecular complexity index is 521. The summed E-state index contributed by atoms with van der Waals surface area (Å²) in [6, 6.07) is 19.1. The summed E-state index contributed by atoms with van der Waals surface area (Å²) in [5.41, 5.74) is 1.10. The average Bonchev–Trinajstić information content (AvgIpc) is 2.45. The van der Waals surface area contributed by atoms with E-state index >= 15 is 0 Å². The third kappa shape index (κ3) is 3.95. The molecule has 0 N–H and O–H groups in total. The minimum atomic E-state index is -1.39. The van der Waals surface area contributed by atoms with E-state index in [1.165, 1.54) is 0 Å². The average molecular weight is 258 g/mol. The van der Waals surface area contributed by atoms with E-state index in [0.29, 0.717) is 11.5 Å². The molecule has 18 heavy (non-hydrogen) atoms. The zero-order valence-corrected chi connectivity index (χ0v) is 10.7. The van der Waals surface area contributed by atoms with Crippen molar-refractivity contribution >= 4 is 17.2 Å². The van der Waals surface area contributed by atoms with Gasteiger partial charge < -0.3 is 0 Å². The van der Waals surface area contributed by atoms with Crippen LogP contribution in [0.1, 0.15) is 5.56 Å². The van der Waals surface area contributed by atoms with Crippen LogP contribution in [0.4, 0.5) is 0 Å². The van der Waals surface area contributed by atoms with Crippen LogP contribution in [0.5, 0.6) is 0 Å². The lowest BCUT2D eigenvalue weighted by Crippen LogP contribution is -1.97. The van der Waals surface area contributed by atoms with E-state index in [1.54, 1.807) is 12.1 Å². The van der Waals surface area contributed by atoms with Gasteiger partial charge in [0.2, 0.25) is 0 Å². The smallest absolute Gasteiger partial charge is 0.189 e. The van der Waals surface area contributed by atoms with E-state index in [4.69, 9.17) is 4.18 Å². The minimum absolute atomic E-state index is 0.330. The van der Waals surface area contributed by atoms with Crippen LogP contribution in [0.2, 0.25) is 0 Å². The monoisotopic (exact) mass is 258 g/mol. The largest absolute Gasteiger partial charge is 0.283 e. The maximum absolute atomic E-state index is 11.7. The molecule has 2 nitrogen and oxygen atoms in total. The predicted octanol–water partition coefficient (Wildman–Crippen LogP) is 3.44. The van der Waals surface area contributed by atoms with E-state index < -0.39 is 11.1 Å². The lowest BCUT2D eigenvalue weighted by molar-refractivity contribution is 0.395. The summed E-state index contributed by atoms with van der Waals surface area (Å²) in [5.74, 6) is 0. The van der Waals surface area contributed by atoms with Gasteiger partial charge in [-0.25, -0.2) is 4.21 Å². The molecule has 0 spiro atoms. The van der Waals surface area contributed by atoms with E-state index in [9.17, 15) is 4.21 Å². The fraction of sp³-hybridized carbons (Fsp3) is 0.0667. The fourth-order valence-corrected chi connectivity index (χ4v) is 2.17. The summed E-state index contributed by atoms with van der Waals surface area (Å²) in [6.07, 6.45) is 3.80. The van der Waals surface area contributed by atoms with E-state index in [-0.39, 0.29) is 0 Å². The SMILES string of the molecule is O=S(OC/C=C/c1ccccc1)c1ccccc1. The third-order valence-electron chi connectivity index (χ3n) is 2.32. The number of rotatable bonds is 5. The van der Waals surface area contributed by atoms with Gasteiger partial charge in [-0.2, -0.15) is 0 Å². The summed E-state index contributed by atoms with van der Waals surface area (Å²) in [5, 5.41) is 0. The van der Waals surface area contributed by atoms with Crippen molar-refractivity contribution < 1.29 is 8.39 Å². The zero-order chi connectivity index (χ0) is 12.6. The van der Waals surface area contributed by atoms with E-state index in [0.717, 1.165) is 5.56 Å². The molecule has 0 fully saturated rings. The van der Waals surface area contributed by atoms with Crippen LogP contribution in [0.25, 0.3) is 6.08 Å². The quantitative estimate of drug-likeness (QED) is 0.821. The van der Waals surface area contributed by atoms with Crippen molar-refractivity contribution in [2.75, 3.05) is 6.61 Å². The molecule has 0 aliphatic carbocycles. The molecule has 1 atom stereocenters. The highest BCUT2D eigenvalue weighted by atomic mass is 32.2. The summed E-state index contributed by atoms with van der Waals surface area (Å²) in [7, 11) is 0. The van der Waals surface area contributed by atoms with Crippen molar-refractivity contribution in [2.45, 2.75) is 4.90 Å². The Morgan fingerprint density at radius 3 is 2.22 bits per heavy atom. The number of hydrogen-bond donors (Lipinski definition) is 0. The van der Waals surface area contributed by atoms with Crippen LogP contribution in [-0.2, 0) is 15.3 Å². The summed E-state index contributed by atoms with van der Waals surface area (Å²) in [6.45, 7) is 0.330. The van der Waals surface area contributed by atoms with Gasteiger partial charge in [-0.1, -0.05) is 60.7 Å². The molecule has 1 unspecified atom stereocenters. The second-order valence-corrected chi connectivity index (χ2v) is 4.82. The van der Waals surface area contributed by atoms with Gasteiger partial charge in [0, 0.05) is 0 Å². The highest BCUT2D eigenvalue weighted by Crippen LogP contribution is 2.07. The van der Waals surface area contributed by atoms with Gasteiger partial charge in [-0.15, -0.1) is 0 Å². The Morgan fingerprint density at radius 1 is 0.944 bits per heavy atom. The van der Waals surface area contributed by atoms with Crippen molar-refractivity contribution in [1.29, 1.82) is 0 Å². The standard InChI is InChI=1S/C15H14O2S/c16-18(15-11-5-2-6-12-15)17-13-7-10-14-8-3-1-4-9-14/h1-12H,13H2/b10-7+. The number of benzene rings is 2. The lowest BCUT2D eigenvalue weighted by atomic mass is 10.2. The summed E-state index contributed by atoms with van der Waals surface area (Å²) in [4.78, 5) is 0.686. The van der Waals surface area contributed by atoms with Crippen LogP contribution in [-0.4, -0.2) is 10.8 Å². The Balaban J connectivity index is 1.83. The molecule has 3 heteroatoms. The molecule has 0 amide bonds. The Kier molecular flexibility index (Phi) is 4.88. The Morgan fingerprint density at radius 2 is 1.56 bits per heavy atom. The molecule has 2 aromatic rings. The van der Waals surface area contributed by atoms with Crippen molar-refractivity contribution in [1.82, 2.24) is 0 Å². The molecule has 2 rings (SSSR count). The first-order valence-electron chi connectivity index (χ1n) is 5.68. The third-order valence-corrected chi connectivity index (χ3v) is 3.32. The molecule has 0 aliphatic rings. The van der Waals surface area contributed by atoms with E-state index in [1.807, 2.05) is 60.7 Å². The predicted molar refractivity (Wildman–Crippen MR) is 74.3 cm³/mol. The molecule has 0 radical (unpaired) electrons. The highest BCUT2D eigenvalue weighted by molar-refractivity contribution is 7.80. The van der Waals surface area contributed by atoms with Gasteiger partial charge in [0.1, 0.15) is 0 Å². The van der Waals surface area contributed by atoms with Gasteiger partial charge in [-0.05, 0) is 17.7 Å². The first kappa shape index (κ1) is 12.7. The van der Waals surface area contributed by atoms with Crippen molar-refractivity contribution in [2.24, 2.45) is 0 Å². The van der Waals surface area contributed by atoms with Gasteiger partial charge in [-0.3, -0.25) is 4.18 Å². The fourth-order valence-electron chi connectivity index (χ4n) is 1.45. The maximum Gasteiger partial charge on any atom is 0.189 e. The topological polar surface area (TPSA) is 26.3 Å². The van der Waals surface area contributed by atoms with Gasteiger partial charge in [0.15, 0.2) is 11.1 Å². The first-order valence-corrected chi connectivity index (χ1v) is 6.75. The maximum atomic E-state index is 11.7.